The first-order chi connectivity index (χ1) is 11.6. The monoisotopic (exact) mass is 315 g/mol. The van der Waals surface area contributed by atoms with Crippen molar-refractivity contribution in [2.24, 2.45) is 0 Å². The van der Waals surface area contributed by atoms with Gasteiger partial charge in [-0.3, -0.25) is 9.36 Å². The van der Waals surface area contributed by atoms with Gasteiger partial charge < -0.3 is 5.11 Å². The lowest BCUT2D eigenvalue weighted by atomic mass is 10.0. The van der Waals surface area contributed by atoms with E-state index in [0.717, 1.165) is 33.1 Å². The maximum atomic E-state index is 13.2. The lowest BCUT2D eigenvalue weighted by Crippen LogP contribution is -2.20. The molecule has 0 fully saturated rings. The second-order valence-corrected chi connectivity index (χ2v) is 6.13. The van der Waals surface area contributed by atoms with E-state index in [4.69, 9.17) is 0 Å². The zero-order valence-electron chi connectivity index (χ0n) is 13.6. The van der Waals surface area contributed by atoms with Gasteiger partial charge in [-0.05, 0) is 48.6 Å². The van der Waals surface area contributed by atoms with Gasteiger partial charge in [-0.15, -0.1) is 0 Å². The second kappa shape index (κ2) is 5.24. The van der Waals surface area contributed by atoms with E-state index in [2.05, 4.69) is 0 Å². The van der Waals surface area contributed by atoms with Crippen LogP contribution in [0.4, 0.5) is 0 Å². The first-order valence-corrected chi connectivity index (χ1v) is 7.91. The van der Waals surface area contributed by atoms with Crippen molar-refractivity contribution in [3.05, 3.63) is 82.1 Å². The highest BCUT2D eigenvalue weighted by atomic mass is 16.3. The molecule has 3 nitrogen and oxygen atoms in total. The van der Waals surface area contributed by atoms with E-state index in [-0.39, 0.29) is 11.3 Å². The number of pyridine rings is 1. The minimum absolute atomic E-state index is 0.0684. The number of rotatable bonds is 1. The average Bonchev–Trinajstić information content (AvgIpc) is 2.57. The summed E-state index contributed by atoms with van der Waals surface area (Å²) in [6.45, 7) is 4.00. The summed E-state index contributed by atoms with van der Waals surface area (Å²) < 4.78 is 1.72. The summed E-state index contributed by atoms with van der Waals surface area (Å²) in [4.78, 5) is 13.2. The summed E-state index contributed by atoms with van der Waals surface area (Å²) in [5, 5.41) is 12.5. The lowest BCUT2D eigenvalue weighted by molar-refractivity contribution is 0.476. The fourth-order valence-corrected chi connectivity index (χ4v) is 3.45. The molecule has 3 aromatic carbocycles. The molecule has 24 heavy (non-hydrogen) atoms. The summed E-state index contributed by atoms with van der Waals surface area (Å²) in [5.74, 6) is 0.150. The van der Waals surface area contributed by atoms with Crippen LogP contribution in [0, 0.1) is 13.8 Å². The highest BCUT2D eigenvalue weighted by Gasteiger charge is 2.15. The largest absolute Gasteiger partial charge is 0.508 e. The molecule has 0 saturated carbocycles. The number of hydrogen-bond acceptors (Lipinski definition) is 2. The van der Waals surface area contributed by atoms with Crippen LogP contribution in [0.1, 0.15) is 11.1 Å². The smallest absolute Gasteiger partial charge is 0.263 e. The van der Waals surface area contributed by atoms with Crippen molar-refractivity contribution in [1.82, 2.24) is 4.57 Å². The van der Waals surface area contributed by atoms with Gasteiger partial charge in [-0.1, -0.05) is 36.4 Å². The van der Waals surface area contributed by atoms with Gasteiger partial charge in [0.25, 0.3) is 5.56 Å². The van der Waals surface area contributed by atoms with Gasteiger partial charge in [-0.2, -0.15) is 0 Å². The molecule has 0 aliphatic carbocycles. The van der Waals surface area contributed by atoms with Crippen LogP contribution in [0.3, 0.4) is 0 Å². The van der Waals surface area contributed by atoms with Gasteiger partial charge in [0.05, 0.1) is 11.2 Å². The van der Waals surface area contributed by atoms with Crippen molar-refractivity contribution in [2.75, 3.05) is 0 Å². The molecule has 0 saturated heterocycles. The number of nitrogens with zero attached hydrogens (tertiary/aromatic N) is 1. The molecule has 1 heterocycles. The Labute approximate surface area is 139 Å². The van der Waals surface area contributed by atoms with Gasteiger partial charge in [-0.25, -0.2) is 0 Å². The van der Waals surface area contributed by atoms with Crippen molar-refractivity contribution < 1.29 is 5.11 Å². The van der Waals surface area contributed by atoms with Gasteiger partial charge in [0.1, 0.15) is 5.75 Å². The highest BCUT2D eigenvalue weighted by Crippen LogP contribution is 2.29. The number of phenols is 1. The number of fused-ring (bicyclic) bond motifs is 3. The molecule has 0 aliphatic rings. The maximum absolute atomic E-state index is 13.2. The number of aryl methyl sites for hydroxylation is 2. The Bertz CT molecular complexity index is 1140. The molecule has 0 radical (unpaired) electrons. The third-order valence-corrected chi connectivity index (χ3v) is 4.54. The van der Waals surface area contributed by atoms with Crippen LogP contribution in [0.25, 0.3) is 27.4 Å². The van der Waals surface area contributed by atoms with Crippen LogP contribution in [0.15, 0.2) is 65.5 Å². The predicted molar refractivity (Wildman–Crippen MR) is 98.2 cm³/mol. The van der Waals surface area contributed by atoms with Crippen LogP contribution < -0.4 is 5.56 Å². The summed E-state index contributed by atoms with van der Waals surface area (Å²) in [6, 6.07) is 18.8. The number of hydrogen-bond donors (Lipinski definition) is 1. The average molecular weight is 315 g/mol. The fraction of sp³-hybridized carbons (Fsp3) is 0.0952. The quantitative estimate of drug-likeness (QED) is 0.527. The predicted octanol–water partition coefficient (Wildman–Crippen LogP) is 4.47. The standard InChI is InChI=1S/C21H17NO2/c1-13-6-5-7-14(2)20(13)22-19-12-15(23)10-11-17(19)16-8-3-4-9-18(16)21(22)24/h3-12,23H,1-2H3. The van der Waals surface area contributed by atoms with E-state index < -0.39 is 0 Å². The van der Waals surface area contributed by atoms with E-state index >= 15 is 0 Å². The summed E-state index contributed by atoms with van der Waals surface area (Å²) in [6.07, 6.45) is 0. The van der Waals surface area contributed by atoms with Crippen LogP contribution >= 0.6 is 0 Å². The van der Waals surface area contributed by atoms with Crippen LogP contribution in [0.5, 0.6) is 5.75 Å². The van der Waals surface area contributed by atoms with Crippen LogP contribution in [-0.2, 0) is 0 Å². The van der Waals surface area contributed by atoms with Crippen molar-refractivity contribution in [2.45, 2.75) is 13.8 Å². The third kappa shape index (κ3) is 2.02. The van der Waals surface area contributed by atoms with Crippen molar-refractivity contribution in [1.29, 1.82) is 0 Å². The minimum atomic E-state index is -0.0684. The summed E-state index contributed by atoms with van der Waals surface area (Å²) >= 11 is 0. The molecule has 118 valence electrons. The molecule has 1 N–H and O–H groups in total. The number of para-hydroxylation sites is 1. The second-order valence-electron chi connectivity index (χ2n) is 6.13. The van der Waals surface area contributed by atoms with Crippen LogP contribution in [-0.4, -0.2) is 9.67 Å². The van der Waals surface area contributed by atoms with E-state index in [1.165, 1.54) is 0 Å². The normalized spacial score (nSPS) is 11.2. The van der Waals surface area contributed by atoms with Gasteiger partial charge >= 0.3 is 0 Å². The van der Waals surface area contributed by atoms with Crippen molar-refractivity contribution in [3.8, 4) is 11.4 Å². The van der Waals surface area contributed by atoms with Gasteiger partial charge in [0.15, 0.2) is 0 Å². The molecular formula is C21H17NO2. The SMILES string of the molecule is Cc1cccc(C)c1-n1c(=O)c2ccccc2c2ccc(O)cc21. The number of aromatic nitrogens is 1. The third-order valence-electron chi connectivity index (χ3n) is 4.54. The van der Waals surface area contributed by atoms with E-state index in [0.29, 0.717) is 5.39 Å². The maximum Gasteiger partial charge on any atom is 0.263 e. The molecule has 0 atom stereocenters. The minimum Gasteiger partial charge on any atom is -0.508 e. The Balaban J connectivity index is 2.32. The zero-order chi connectivity index (χ0) is 16.8. The van der Waals surface area contributed by atoms with Gasteiger partial charge in [0, 0.05) is 16.8 Å². The fourth-order valence-electron chi connectivity index (χ4n) is 3.45. The summed E-state index contributed by atoms with van der Waals surface area (Å²) in [7, 11) is 0. The number of aromatic hydroxyl groups is 1. The highest BCUT2D eigenvalue weighted by molar-refractivity contribution is 6.06. The molecule has 3 heteroatoms. The topological polar surface area (TPSA) is 42.2 Å². The Hall–Kier alpha value is -3.07. The van der Waals surface area contributed by atoms with Crippen LogP contribution in [0.2, 0.25) is 0 Å². The van der Waals surface area contributed by atoms with Crippen molar-refractivity contribution in [3.63, 3.8) is 0 Å². The molecule has 1 aromatic heterocycles. The van der Waals surface area contributed by atoms with E-state index in [9.17, 15) is 9.90 Å². The Kier molecular flexibility index (Phi) is 3.17. The first kappa shape index (κ1) is 14.5. The molecular weight excluding hydrogens is 298 g/mol. The van der Waals surface area contributed by atoms with E-state index in [1.54, 1.807) is 16.7 Å². The van der Waals surface area contributed by atoms with Crippen molar-refractivity contribution >= 4 is 21.7 Å². The number of benzene rings is 3. The Morgan fingerprint density at radius 2 is 1.46 bits per heavy atom. The first-order valence-electron chi connectivity index (χ1n) is 7.91. The number of phenolic OH excluding ortho intramolecular Hbond substituents is 1. The zero-order valence-corrected chi connectivity index (χ0v) is 13.6. The molecule has 0 bridgehead atoms. The molecule has 4 aromatic rings. The Morgan fingerprint density at radius 1 is 0.792 bits per heavy atom. The van der Waals surface area contributed by atoms with Gasteiger partial charge in [0.2, 0.25) is 0 Å². The molecule has 0 amide bonds. The summed E-state index contributed by atoms with van der Waals surface area (Å²) in [5.41, 5.74) is 3.58. The Morgan fingerprint density at radius 3 is 2.17 bits per heavy atom. The molecule has 0 spiro atoms. The lowest BCUT2D eigenvalue weighted by Gasteiger charge is -2.17. The molecule has 4 rings (SSSR count). The van der Waals surface area contributed by atoms with E-state index in [1.807, 2.05) is 62.4 Å². The molecule has 0 aliphatic heterocycles. The molecule has 0 unspecified atom stereocenters.